The number of nitrogens with zero attached hydrogens (tertiary/aromatic N) is 1. The smallest absolute Gasteiger partial charge is 0.319 e. The predicted molar refractivity (Wildman–Crippen MR) is 97.8 cm³/mol. The van der Waals surface area contributed by atoms with E-state index in [2.05, 4.69) is 10.6 Å². The molecule has 2 aromatic rings. The maximum Gasteiger partial charge on any atom is 0.319 e. The van der Waals surface area contributed by atoms with Gasteiger partial charge in [0, 0.05) is 32.4 Å². The Kier molecular flexibility index (Phi) is 6.96. The van der Waals surface area contributed by atoms with Crippen molar-refractivity contribution in [3.63, 3.8) is 0 Å². The highest BCUT2D eigenvalue weighted by Crippen LogP contribution is 2.17. The van der Waals surface area contributed by atoms with Crippen LogP contribution in [-0.2, 0) is 11.2 Å². The van der Waals surface area contributed by atoms with E-state index in [1.807, 2.05) is 0 Å². The van der Waals surface area contributed by atoms with Gasteiger partial charge < -0.3 is 20.3 Å². The maximum atomic E-state index is 13.1. The number of halogens is 1. The molecule has 0 atom stereocenters. The van der Waals surface area contributed by atoms with E-state index in [9.17, 15) is 14.0 Å². The van der Waals surface area contributed by atoms with Gasteiger partial charge in [-0.3, -0.25) is 4.79 Å². The molecule has 0 saturated carbocycles. The zero-order valence-electron chi connectivity index (χ0n) is 14.8. The highest BCUT2D eigenvalue weighted by molar-refractivity contribution is 5.89. The molecular formula is C19H22FN3O3. The van der Waals surface area contributed by atoms with Crippen molar-refractivity contribution in [3.8, 4) is 5.75 Å². The Hall–Kier alpha value is -3.09. The highest BCUT2D eigenvalue weighted by atomic mass is 19.1. The number of ether oxygens (including phenoxy) is 1. The minimum absolute atomic E-state index is 0.0731. The van der Waals surface area contributed by atoms with E-state index in [1.165, 1.54) is 17.0 Å². The first-order valence-corrected chi connectivity index (χ1v) is 8.16. The summed E-state index contributed by atoms with van der Waals surface area (Å²) in [6.45, 7) is 0.305. The average molecular weight is 359 g/mol. The number of nitrogens with one attached hydrogen (secondary N) is 2. The van der Waals surface area contributed by atoms with Crippen molar-refractivity contribution in [2.75, 3.05) is 32.6 Å². The van der Waals surface area contributed by atoms with Crippen molar-refractivity contribution >= 4 is 17.6 Å². The van der Waals surface area contributed by atoms with Crippen LogP contribution in [0, 0.1) is 5.82 Å². The van der Waals surface area contributed by atoms with Crippen LogP contribution in [0.2, 0.25) is 0 Å². The van der Waals surface area contributed by atoms with E-state index in [1.54, 1.807) is 50.5 Å². The molecule has 2 rings (SSSR count). The van der Waals surface area contributed by atoms with Crippen LogP contribution in [0.5, 0.6) is 5.75 Å². The molecule has 0 aliphatic carbocycles. The SMILES string of the molecule is CN(C)C(=O)COc1cccc(NC(=O)NCCc2cccc(F)c2)c1. The van der Waals surface area contributed by atoms with E-state index in [0.29, 0.717) is 24.4 Å². The van der Waals surface area contributed by atoms with Gasteiger partial charge in [0.1, 0.15) is 11.6 Å². The fraction of sp³-hybridized carbons (Fsp3) is 0.263. The predicted octanol–water partition coefficient (Wildman–Crippen LogP) is 2.66. The first-order valence-electron chi connectivity index (χ1n) is 8.16. The van der Waals surface area contributed by atoms with Gasteiger partial charge in [0.05, 0.1) is 0 Å². The summed E-state index contributed by atoms with van der Waals surface area (Å²) in [4.78, 5) is 24.9. The molecule has 0 spiro atoms. The number of carbonyl (C=O) groups is 2. The Morgan fingerprint density at radius 1 is 1.12 bits per heavy atom. The lowest BCUT2D eigenvalue weighted by molar-refractivity contribution is -0.130. The third kappa shape index (κ3) is 6.43. The second-order valence-corrected chi connectivity index (χ2v) is 5.87. The molecule has 2 aromatic carbocycles. The average Bonchev–Trinajstić information content (AvgIpc) is 2.60. The first-order chi connectivity index (χ1) is 12.4. The van der Waals surface area contributed by atoms with E-state index >= 15 is 0 Å². The fourth-order valence-electron chi connectivity index (χ4n) is 2.13. The van der Waals surface area contributed by atoms with Crippen LogP contribution in [0.1, 0.15) is 5.56 Å². The van der Waals surface area contributed by atoms with Crippen LogP contribution in [0.15, 0.2) is 48.5 Å². The number of amides is 3. The molecule has 0 aliphatic rings. The molecule has 0 radical (unpaired) electrons. The van der Waals surface area contributed by atoms with Gasteiger partial charge in [-0.25, -0.2) is 9.18 Å². The van der Waals surface area contributed by atoms with E-state index < -0.39 is 0 Å². The lowest BCUT2D eigenvalue weighted by atomic mass is 10.1. The Labute approximate surface area is 152 Å². The number of rotatable bonds is 7. The van der Waals surface area contributed by atoms with Crippen LogP contribution < -0.4 is 15.4 Å². The minimum Gasteiger partial charge on any atom is -0.484 e. The van der Waals surface area contributed by atoms with Crippen LogP contribution in [0.3, 0.4) is 0 Å². The molecule has 26 heavy (non-hydrogen) atoms. The zero-order valence-corrected chi connectivity index (χ0v) is 14.8. The topological polar surface area (TPSA) is 70.7 Å². The Morgan fingerprint density at radius 2 is 1.88 bits per heavy atom. The summed E-state index contributed by atoms with van der Waals surface area (Å²) in [6, 6.07) is 12.7. The third-order valence-corrected chi connectivity index (χ3v) is 3.54. The molecule has 6 nitrogen and oxygen atoms in total. The molecular weight excluding hydrogens is 337 g/mol. The summed E-state index contributed by atoms with van der Waals surface area (Å²) in [5.74, 6) is 0.0349. The second-order valence-electron chi connectivity index (χ2n) is 5.87. The second kappa shape index (κ2) is 9.41. The summed E-state index contributed by atoms with van der Waals surface area (Å²) in [5, 5.41) is 5.40. The van der Waals surface area contributed by atoms with Crippen molar-refractivity contribution in [1.29, 1.82) is 0 Å². The van der Waals surface area contributed by atoms with Gasteiger partial charge in [0.25, 0.3) is 5.91 Å². The first kappa shape index (κ1) is 19.2. The molecule has 0 unspecified atom stereocenters. The standard InChI is InChI=1S/C19H22FN3O3/c1-23(2)18(24)13-26-17-8-4-7-16(12-17)22-19(25)21-10-9-14-5-3-6-15(20)11-14/h3-8,11-12H,9-10,13H2,1-2H3,(H2,21,22,25). The lowest BCUT2D eigenvalue weighted by Gasteiger charge is -2.12. The number of hydrogen-bond acceptors (Lipinski definition) is 3. The van der Waals surface area contributed by atoms with Crippen molar-refractivity contribution < 1.29 is 18.7 Å². The van der Waals surface area contributed by atoms with Crippen molar-refractivity contribution in [1.82, 2.24) is 10.2 Å². The van der Waals surface area contributed by atoms with Crippen LogP contribution in [-0.4, -0.2) is 44.1 Å². The van der Waals surface area contributed by atoms with Crippen molar-refractivity contribution in [2.24, 2.45) is 0 Å². The molecule has 0 aromatic heterocycles. The van der Waals surface area contributed by atoms with Gasteiger partial charge >= 0.3 is 6.03 Å². The number of likely N-dealkylation sites (N-methyl/N-ethyl adjacent to an activating group) is 1. The summed E-state index contributed by atoms with van der Waals surface area (Å²) in [7, 11) is 3.30. The van der Waals surface area contributed by atoms with Crippen LogP contribution in [0.25, 0.3) is 0 Å². The van der Waals surface area contributed by atoms with E-state index in [-0.39, 0.29) is 24.4 Å². The molecule has 3 amide bonds. The van der Waals surface area contributed by atoms with Gasteiger partial charge in [-0.05, 0) is 36.2 Å². The number of anilines is 1. The number of benzene rings is 2. The maximum absolute atomic E-state index is 13.1. The van der Waals surface area contributed by atoms with Gasteiger partial charge in [0.2, 0.25) is 0 Å². The third-order valence-electron chi connectivity index (χ3n) is 3.54. The van der Waals surface area contributed by atoms with Crippen molar-refractivity contribution in [3.05, 3.63) is 59.9 Å². The number of carbonyl (C=O) groups excluding carboxylic acids is 2. The summed E-state index contributed by atoms with van der Waals surface area (Å²) in [5.41, 5.74) is 1.36. The minimum atomic E-state index is -0.372. The van der Waals surface area contributed by atoms with Gasteiger partial charge in [-0.2, -0.15) is 0 Å². The van der Waals surface area contributed by atoms with Gasteiger partial charge in [0.15, 0.2) is 6.61 Å². The van der Waals surface area contributed by atoms with Gasteiger partial charge in [-0.1, -0.05) is 18.2 Å². The quantitative estimate of drug-likeness (QED) is 0.798. The van der Waals surface area contributed by atoms with Crippen LogP contribution in [0.4, 0.5) is 14.9 Å². The van der Waals surface area contributed by atoms with Crippen molar-refractivity contribution in [2.45, 2.75) is 6.42 Å². The normalized spacial score (nSPS) is 10.1. The Morgan fingerprint density at radius 3 is 2.62 bits per heavy atom. The summed E-state index contributed by atoms with van der Waals surface area (Å²) in [6.07, 6.45) is 0.529. The zero-order chi connectivity index (χ0) is 18.9. The number of urea groups is 1. The summed E-state index contributed by atoms with van der Waals surface area (Å²) < 4.78 is 18.5. The molecule has 0 fully saturated rings. The molecule has 0 aliphatic heterocycles. The monoisotopic (exact) mass is 359 g/mol. The van der Waals surface area contributed by atoms with E-state index in [0.717, 1.165) is 5.56 Å². The molecule has 0 bridgehead atoms. The molecule has 2 N–H and O–H groups in total. The fourth-order valence-corrected chi connectivity index (χ4v) is 2.13. The van der Waals surface area contributed by atoms with E-state index in [4.69, 9.17) is 4.74 Å². The Bertz CT molecular complexity index is 765. The highest BCUT2D eigenvalue weighted by Gasteiger charge is 2.06. The molecule has 138 valence electrons. The number of hydrogen-bond donors (Lipinski definition) is 2. The summed E-state index contributed by atoms with van der Waals surface area (Å²) >= 11 is 0. The lowest BCUT2D eigenvalue weighted by Crippen LogP contribution is -2.30. The Balaban J connectivity index is 1.79. The molecule has 0 saturated heterocycles. The van der Waals surface area contributed by atoms with Gasteiger partial charge in [-0.15, -0.1) is 0 Å². The largest absolute Gasteiger partial charge is 0.484 e. The molecule has 7 heteroatoms. The van der Waals surface area contributed by atoms with Crippen LogP contribution >= 0.6 is 0 Å². The molecule has 0 heterocycles.